The quantitative estimate of drug-likeness (QED) is 0.846. The lowest BCUT2D eigenvalue weighted by Gasteiger charge is -2.24. The lowest BCUT2D eigenvalue weighted by molar-refractivity contribution is 0.340. The van der Waals surface area contributed by atoms with Gasteiger partial charge in [0.1, 0.15) is 5.82 Å². The summed E-state index contributed by atoms with van der Waals surface area (Å²) in [4.78, 5) is 7.11. The van der Waals surface area contributed by atoms with Crippen LogP contribution in [0.25, 0.3) is 10.8 Å². The number of benzene rings is 1. The maximum atomic E-state index is 4.64. The van der Waals surface area contributed by atoms with Gasteiger partial charge in [0.2, 0.25) is 0 Å². The number of anilines is 1. The van der Waals surface area contributed by atoms with Crippen LogP contribution >= 0.6 is 0 Å². The van der Waals surface area contributed by atoms with Crippen molar-refractivity contribution in [2.24, 2.45) is 5.92 Å². The highest BCUT2D eigenvalue weighted by Gasteiger charge is 2.35. The third-order valence-electron chi connectivity index (χ3n) is 4.55. The molecule has 0 amide bonds. The van der Waals surface area contributed by atoms with Crippen LogP contribution in [-0.4, -0.2) is 30.7 Å². The van der Waals surface area contributed by atoms with E-state index in [-0.39, 0.29) is 0 Å². The number of aromatic nitrogens is 1. The molecule has 0 aliphatic carbocycles. The molecule has 2 saturated heterocycles. The Hall–Kier alpha value is -1.61. The van der Waals surface area contributed by atoms with Crippen LogP contribution in [-0.2, 0) is 0 Å². The third kappa shape index (κ3) is 1.89. The second-order valence-electron chi connectivity index (χ2n) is 5.72. The maximum absolute atomic E-state index is 4.64. The molecule has 2 aliphatic heterocycles. The number of nitrogens with one attached hydrogen (secondary N) is 1. The minimum absolute atomic E-state index is 0.662. The maximum Gasteiger partial charge on any atom is 0.136 e. The molecule has 0 radical (unpaired) electrons. The van der Waals surface area contributed by atoms with Crippen LogP contribution in [0.4, 0.5) is 5.82 Å². The molecule has 0 unspecified atom stereocenters. The molecule has 0 saturated carbocycles. The van der Waals surface area contributed by atoms with Crippen LogP contribution < -0.4 is 10.2 Å². The Labute approximate surface area is 113 Å². The monoisotopic (exact) mass is 253 g/mol. The summed E-state index contributed by atoms with van der Waals surface area (Å²) in [6.07, 6.45) is 4.62. The fourth-order valence-electron chi connectivity index (χ4n) is 3.58. The zero-order valence-electron chi connectivity index (χ0n) is 11.0. The van der Waals surface area contributed by atoms with Gasteiger partial charge in [-0.1, -0.05) is 24.3 Å². The number of hydrogen-bond acceptors (Lipinski definition) is 3. The Morgan fingerprint density at radius 3 is 3.05 bits per heavy atom. The Bertz CT molecular complexity index is 576. The van der Waals surface area contributed by atoms with Crippen LogP contribution in [0.2, 0.25) is 0 Å². The van der Waals surface area contributed by atoms with E-state index < -0.39 is 0 Å². The molecule has 98 valence electrons. The van der Waals surface area contributed by atoms with E-state index in [0.29, 0.717) is 6.04 Å². The molecule has 4 rings (SSSR count). The average Bonchev–Trinajstić information content (AvgIpc) is 2.90. The molecule has 3 nitrogen and oxygen atoms in total. The van der Waals surface area contributed by atoms with Crippen molar-refractivity contribution in [3.05, 3.63) is 36.5 Å². The Morgan fingerprint density at radius 2 is 2.11 bits per heavy atom. The van der Waals surface area contributed by atoms with Crippen LogP contribution in [0.3, 0.4) is 0 Å². The number of rotatable bonds is 1. The Balaban J connectivity index is 1.71. The van der Waals surface area contributed by atoms with E-state index in [1.165, 1.54) is 30.2 Å². The van der Waals surface area contributed by atoms with Gasteiger partial charge in [-0.05, 0) is 36.8 Å². The van der Waals surface area contributed by atoms with Crippen LogP contribution in [0.15, 0.2) is 36.5 Å². The zero-order chi connectivity index (χ0) is 12.7. The largest absolute Gasteiger partial charge is 0.354 e. The van der Waals surface area contributed by atoms with Gasteiger partial charge in [0.05, 0.1) is 0 Å². The van der Waals surface area contributed by atoms with Crippen molar-refractivity contribution in [3.63, 3.8) is 0 Å². The first-order chi connectivity index (χ1) is 9.42. The van der Waals surface area contributed by atoms with Crippen LogP contribution in [0.1, 0.15) is 12.8 Å². The van der Waals surface area contributed by atoms with Crippen molar-refractivity contribution in [3.8, 4) is 0 Å². The second kappa shape index (κ2) is 4.49. The predicted octanol–water partition coefficient (Wildman–Crippen LogP) is 2.42. The van der Waals surface area contributed by atoms with Gasteiger partial charge in [0, 0.05) is 30.7 Å². The standard InChI is InChI=1S/C16H19N3/c1-2-6-14-12(4-1)7-9-18-16(14)19-10-13-5-3-8-17-15(13)11-19/h1-2,4,6-7,9,13,15,17H,3,5,8,10-11H2/t13-,15+/m0/s1. The number of piperidine rings is 1. The summed E-state index contributed by atoms with van der Waals surface area (Å²) >= 11 is 0. The smallest absolute Gasteiger partial charge is 0.136 e. The van der Waals surface area contributed by atoms with Gasteiger partial charge in [-0.3, -0.25) is 0 Å². The fraction of sp³-hybridized carbons (Fsp3) is 0.438. The normalized spacial score (nSPS) is 26.6. The minimum Gasteiger partial charge on any atom is -0.354 e. The molecule has 0 spiro atoms. The van der Waals surface area contributed by atoms with Crippen molar-refractivity contribution < 1.29 is 0 Å². The van der Waals surface area contributed by atoms with Crippen LogP contribution in [0.5, 0.6) is 0 Å². The molecular formula is C16H19N3. The molecule has 1 aromatic heterocycles. The molecule has 3 heterocycles. The summed E-state index contributed by atoms with van der Waals surface area (Å²) < 4.78 is 0. The third-order valence-corrected chi connectivity index (χ3v) is 4.55. The molecule has 1 aromatic carbocycles. The fourth-order valence-corrected chi connectivity index (χ4v) is 3.58. The van der Waals surface area contributed by atoms with E-state index in [2.05, 4.69) is 45.5 Å². The van der Waals surface area contributed by atoms with Gasteiger partial charge in [-0.2, -0.15) is 0 Å². The lowest BCUT2D eigenvalue weighted by Crippen LogP contribution is -2.40. The topological polar surface area (TPSA) is 28.2 Å². The first-order valence-electron chi connectivity index (χ1n) is 7.24. The molecule has 2 fully saturated rings. The van der Waals surface area contributed by atoms with Crippen molar-refractivity contribution in [2.45, 2.75) is 18.9 Å². The molecule has 1 N–H and O–H groups in total. The highest BCUT2D eigenvalue weighted by Crippen LogP contribution is 2.31. The van der Waals surface area contributed by atoms with Gasteiger partial charge >= 0.3 is 0 Å². The summed E-state index contributed by atoms with van der Waals surface area (Å²) in [6.45, 7) is 3.43. The minimum atomic E-state index is 0.662. The Morgan fingerprint density at radius 1 is 1.16 bits per heavy atom. The van der Waals surface area contributed by atoms with Gasteiger partial charge < -0.3 is 10.2 Å². The van der Waals surface area contributed by atoms with E-state index in [9.17, 15) is 0 Å². The summed E-state index contributed by atoms with van der Waals surface area (Å²) in [5, 5.41) is 6.23. The van der Waals surface area contributed by atoms with E-state index in [4.69, 9.17) is 0 Å². The van der Waals surface area contributed by atoms with Crippen LogP contribution in [0, 0.1) is 5.92 Å². The highest BCUT2D eigenvalue weighted by molar-refractivity contribution is 5.92. The number of pyridine rings is 1. The molecule has 2 atom stereocenters. The summed E-state index contributed by atoms with van der Waals surface area (Å²) in [6, 6.07) is 11.3. The van der Waals surface area contributed by atoms with Gasteiger partial charge in [-0.25, -0.2) is 4.98 Å². The zero-order valence-corrected chi connectivity index (χ0v) is 11.0. The summed E-state index contributed by atoms with van der Waals surface area (Å²) in [5.74, 6) is 1.96. The van der Waals surface area contributed by atoms with Crippen molar-refractivity contribution in [1.82, 2.24) is 10.3 Å². The van der Waals surface area contributed by atoms with Gasteiger partial charge in [0.15, 0.2) is 0 Å². The first-order valence-corrected chi connectivity index (χ1v) is 7.24. The van der Waals surface area contributed by atoms with Crippen molar-refractivity contribution in [1.29, 1.82) is 0 Å². The molecule has 19 heavy (non-hydrogen) atoms. The lowest BCUT2D eigenvalue weighted by atomic mass is 9.94. The van der Waals surface area contributed by atoms with E-state index in [0.717, 1.165) is 24.8 Å². The number of hydrogen-bond donors (Lipinski definition) is 1. The molecule has 2 aliphatic rings. The van der Waals surface area contributed by atoms with Gasteiger partial charge in [-0.15, -0.1) is 0 Å². The SMILES string of the molecule is c1ccc2c(N3C[C@@H]4CCCN[C@@H]4C3)nccc2c1. The Kier molecular flexibility index (Phi) is 2.66. The van der Waals surface area contributed by atoms with Crippen molar-refractivity contribution >= 4 is 16.6 Å². The predicted molar refractivity (Wildman–Crippen MR) is 78.5 cm³/mol. The van der Waals surface area contributed by atoms with E-state index in [1.54, 1.807) is 0 Å². The molecule has 0 bridgehead atoms. The van der Waals surface area contributed by atoms with Crippen molar-refractivity contribution in [2.75, 3.05) is 24.5 Å². The molecular weight excluding hydrogens is 234 g/mol. The van der Waals surface area contributed by atoms with E-state index >= 15 is 0 Å². The van der Waals surface area contributed by atoms with E-state index in [1.807, 2.05) is 6.20 Å². The molecule has 2 aromatic rings. The number of nitrogens with zero attached hydrogens (tertiary/aromatic N) is 2. The second-order valence-corrected chi connectivity index (χ2v) is 5.72. The molecule has 3 heteroatoms. The summed E-state index contributed by atoms with van der Waals surface area (Å²) in [7, 11) is 0. The highest BCUT2D eigenvalue weighted by atomic mass is 15.2. The first kappa shape index (κ1) is 11.2. The average molecular weight is 253 g/mol. The van der Waals surface area contributed by atoms with Gasteiger partial charge in [0.25, 0.3) is 0 Å². The number of fused-ring (bicyclic) bond motifs is 2. The summed E-state index contributed by atoms with van der Waals surface area (Å²) in [5.41, 5.74) is 0.